The molecule has 0 saturated carbocycles. The summed E-state index contributed by atoms with van der Waals surface area (Å²) in [6.07, 6.45) is 1.79. The van der Waals surface area contributed by atoms with Crippen LogP contribution in [0, 0.1) is 0 Å². The van der Waals surface area contributed by atoms with Crippen LogP contribution in [-0.2, 0) is 14.3 Å². The number of rotatable bonds is 4. The quantitative estimate of drug-likeness (QED) is 0.625. The summed E-state index contributed by atoms with van der Waals surface area (Å²) >= 11 is 0. The number of benzene rings is 1. The molecule has 1 aliphatic heterocycles. The van der Waals surface area contributed by atoms with Gasteiger partial charge < -0.3 is 14.2 Å². The molecule has 5 nitrogen and oxygen atoms in total. The van der Waals surface area contributed by atoms with Gasteiger partial charge in [-0.1, -0.05) is 12.1 Å². The lowest BCUT2D eigenvalue weighted by molar-refractivity contribution is -0.132. The fourth-order valence-electron chi connectivity index (χ4n) is 1.67. The SMILES string of the molecule is CCOc1ccc(C=C(C)C(=O)OC2=NCCO2)cc1. The van der Waals surface area contributed by atoms with Crippen molar-refractivity contribution in [1.29, 1.82) is 0 Å². The normalized spacial score (nSPS) is 14.5. The second kappa shape index (κ2) is 6.75. The van der Waals surface area contributed by atoms with Gasteiger partial charge in [-0.15, -0.1) is 0 Å². The van der Waals surface area contributed by atoms with Crippen molar-refractivity contribution in [1.82, 2.24) is 0 Å². The number of esters is 1. The number of carbonyl (C=O) groups is 1. The highest BCUT2D eigenvalue weighted by Crippen LogP contribution is 2.15. The highest BCUT2D eigenvalue weighted by molar-refractivity contribution is 5.98. The van der Waals surface area contributed by atoms with Gasteiger partial charge >= 0.3 is 12.1 Å². The van der Waals surface area contributed by atoms with Gasteiger partial charge in [-0.3, -0.25) is 0 Å². The summed E-state index contributed by atoms with van der Waals surface area (Å²) in [6, 6.07) is 7.48. The summed E-state index contributed by atoms with van der Waals surface area (Å²) in [6.45, 7) is 5.24. The van der Waals surface area contributed by atoms with Crippen LogP contribution in [0.5, 0.6) is 5.75 Å². The topological polar surface area (TPSA) is 57.1 Å². The van der Waals surface area contributed by atoms with Crippen LogP contribution >= 0.6 is 0 Å². The molecule has 0 atom stereocenters. The van der Waals surface area contributed by atoms with Gasteiger partial charge in [-0.2, -0.15) is 0 Å². The van der Waals surface area contributed by atoms with Crippen LogP contribution in [0.1, 0.15) is 19.4 Å². The molecule has 0 aromatic heterocycles. The largest absolute Gasteiger partial charge is 0.494 e. The van der Waals surface area contributed by atoms with E-state index in [1.165, 1.54) is 0 Å². The number of hydrogen-bond donors (Lipinski definition) is 0. The van der Waals surface area contributed by atoms with Crippen molar-refractivity contribution in [3.05, 3.63) is 35.4 Å². The maximum atomic E-state index is 11.8. The molecular weight excluding hydrogens is 258 g/mol. The third-order valence-electron chi connectivity index (χ3n) is 2.63. The van der Waals surface area contributed by atoms with Gasteiger partial charge in [0.2, 0.25) is 0 Å². The van der Waals surface area contributed by atoms with E-state index in [-0.39, 0.29) is 6.08 Å². The Morgan fingerprint density at radius 3 is 2.75 bits per heavy atom. The fraction of sp³-hybridized carbons (Fsp3) is 0.333. The molecule has 0 spiro atoms. The van der Waals surface area contributed by atoms with Crippen molar-refractivity contribution in [3.63, 3.8) is 0 Å². The van der Waals surface area contributed by atoms with Crippen molar-refractivity contribution >= 4 is 18.1 Å². The van der Waals surface area contributed by atoms with Crippen LogP contribution in [0.25, 0.3) is 6.08 Å². The lowest BCUT2D eigenvalue weighted by Crippen LogP contribution is -2.13. The standard InChI is InChI=1S/C15H17NO4/c1-3-18-13-6-4-12(5-7-13)10-11(2)14(17)20-15-16-8-9-19-15/h4-7,10H,3,8-9H2,1-2H3. The Hall–Kier alpha value is -2.30. The molecule has 1 aromatic rings. The lowest BCUT2D eigenvalue weighted by Gasteiger charge is -2.04. The molecule has 1 aromatic carbocycles. The molecule has 106 valence electrons. The first-order valence-electron chi connectivity index (χ1n) is 6.49. The van der Waals surface area contributed by atoms with E-state index in [1.807, 2.05) is 31.2 Å². The maximum Gasteiger partial charge on any atom is 0.391 e. The summed E-state index contributed by atoms with van der Waals surface area (Å²) in [4.78, 5) is 15.7. The smallest absolute Gasteiger partial charge is 0.391 e. The maximum absolute atomic E-state index is 11.8. The second-order valence-corrected chi connectivity index (χ2v) is 4.22. The Labute approximate surface area is 117 Å². The summed E-state index contributed by atoms with van der Waals surface area (Å²) in [5.41, 5.74) is 1.38. The van der Waals surface area contributed by atoms with Gasteiger partial charge in [-0.05, 0) is 37.6 Å². The Morgan fingerprint density at radius 2 is 2.15 bits per heavy atom. The first-order chi connectivity index (χ1) is 9.69. The summed E-state index contributed by atoms with van der Waals surface area (Å²) in [7, 11) is 0. The minimum Gasteiger partial charge on any atom is -0.494 e. The molecule has 1 heterocycles. The van der Waals surface area contributed by atoms with Crippen LogP contribution in [0.4, 0.5) is 0 Å². The van der Waals surface area contributed by atoms with Crippen LogP contribution in [0.3, 0.4) is 0 Å². The third-order valence-corrected chi connectivity index (χ3v) is 2.63. The predicted octanol–water partition coefficient (Wildman–Crippen LogP) is 2.42. The highest BCUT2D eigenvalue weighted by atomic mass is 16.7. The molecule has 0 bridgehead atoms. The average Bonchev–Trinajstić information content (AvgIpc) is 2.94. The molecule has 20 heavy (non-hydrogen) atoms. The van der Waals surface area contributed by atoms with E-state index in [2.05, 4.69) is 4.99 Å². The number of ether oxygens (including phenoxy) is 3. The fourth-order valence-corrected chi connectivity index (χ4v) is 1.67. The lowest BCUT2D eigenvalue weighted by atomic mass is 10.1. The molecule has 0 radical (unpaired) electrons. The molecule has 0 saturated heterocycles. The first kappa shape index (κ1) is 14.1. The van der Waals surface area contributed by atoms with E-state index in [0.717, 1.165) is 11.3 Å². The summed E-state index contributed by atoms with van der Waals surface area (Å²) < 4.78 is 15.4. The summed E-state index contributed by atoms with van der Waals surface area (Å²) in [5.74, 6) is 0.345. The van der Waals surface area contributed by atoms with Gasteiger partial charge in [0.1, 0.15) is 12.4 Å². The summed E-state index contributed by atoms with van der Waals surface area (Å²) in [5, 5.41) is 0. The third kappa shape index (κ3) is 3.85. The number of carbonyl (C=O) groups excluding carboxylic acids is 1. The van der Waals surface area contributed by atoms with Crippen LogP contribution in [-0.4, -0.2) is 31.8 Å². The van der Waals surface area contributed by atoms with Crippen LogP contribution in [0.2, 0.25) is 0 Å². The Morgan fingerprint density at radius 1 is 1.40 bits per heavy atom. The van der Waals surface area contributed by atoms with Gasteiger partial charge in [-0.25, -0.2) is 9.79 Å². The Balaban J connectivity index is 1.99. The van der Waals surface area contributed by atoms with Crippen molar-refractivity contribution in [2.24, 2.45) is 4.99 Å². The minimum absolute atomic E-state index is 0.0504. The van der Waals surface area contributed by atoms with Crippen molar-refractivity contribution in [2.45, 2.75) is 13.8 Å². The molecule has 0 fully saturated rings. The number of nitrogens with zero attached hydrogens (tertiary/aromatic N) is 1. The minimum atomic E-state index is -0.459. The van der Waals surface area contributed by atoms with E-state index < -0.39 is 5.97 Å². The molecule has 0 unspecified atom stereocenters. The van der Waals surface area contributed by atoms with Gasteiger partial charge in [0, 0.05) is 5.57 Å². The van der Waals surface area contributed by atoms with Crippen LogP contribution in [0.15, 0.2) is 34.8 Å². The molecule has 5 heteroatoms. The molecule has 2 rings (SSSR count). The van der Waals surface area contributed by atoms with E-state index >= 15 is 0 Å². The van der Waals surface area contributed by atoms with E-state index in [0.29, 0.717) is 25.3 Å². The molecule has 0 amide bonds. The van der Waals surface area contributed by atoms with Gasteiger partial charge in [0.05, 0.1) is 13.2 Å². The van der Waals surface area contributed by atoms with Crippen molar-refractivity contribution < 1.29 is 19.0 Å². The van der Waals surface area contributed by atoms with Gasteiger partial charge in [0.25, 0.3) is 0 Å². The zero-order valence-electron chi connectivity index (χ0n) is 11.6. The van der Waals surface area contributed by atoms with Gasteiger partial charge in [0.15, 0.2) is 0 Å². The highest BCUT2D eigenvalue weighted by Gasteiger charge is 2.15. The monoisotopic (exact) mass is 275 g/mol. The zero-order chi connectivity index (χ0) is 14.4. The molecule has 1 aliphatic rings. The number of hydrogen-bond acceptors (Lipinski definition) is 5. The predicted molar refractivity (Wildman–Crippen MR) is 75.6 cm³/mol. The van der Waals surface area contributed by atoms with Crippen molar-refractivity contribution in [3.8, 4) is 5.75 Å². The van der Waals surface area contributed by atoms with E-state index in [4.69, 9.17) is 14.2 Å². The molecule has 0 aliphatic carbocycles. The van der Waals surface area contributed by atoms with E-state index in [1.54, 1.807) is 13.0 Å². The van der Waals surface area contributed by atoms with Crippen molar-refractivity contribution in [2.75, 3.05) is 19.8 Å². The van der Waals surface area contributed by atoms with Crippen LogP contribution < -0.4 is 4.74 Å². The Kier molecular flexibility index (Phi) is 4.76. The second-order valence-electron chi connectivity index (χ2n) is 4.22. The van der Waals surface area contributed by atoms with E-state index in [9.17, 15) is 4.79 Å². The Bertz CT molecular complexity index is 531. The zero-order valence-corrected chi connectivity index (χ0v) is 11.6. The first-order valence-corrected chi connectivity index (χ1v) is 6.49. The number of aliphatic imine (C=N–C) groups is 1. The average molecular weight is 275 g/mol. The molecule has 0 N–H and O–H groups in total. The molecular formula is C15H17NO4.